The second-order valence-electron chi connectivity index (χ2n) is 7.01. The summed E-state index contributed by atoms with van der Waals surface area (Å²) in [6, 6.07) is 8.49. The number of aliphatic hydroxyl groups is 1. The molecule has 1 heterocycles. The van der Waals surface area contributed by atoms with Crippen LogP contribution in [0.3, 0.4) is 0 Å². The molecule has 2 rings (SSSR count). The van der Waals surface area contributed by atoms with Gasteiger partial charge in [0.2, 0.25) is 0 Å². The number of benzene rings is 1. The van der Waals surface area contributed by atoms with Crippen LogP contribution in [0.5, 0.6) is 0 Å². The van der Waals surface area contributed by atoms with E-state index in [9.17, 15) is 0 Å². The molecule has 1 saturated heterocycles. The van der Waals surface area contributed by atoms with Gasteiger partial charge in [-0.05, 0) is 57.8 Å². The van der Waals surface area contributed by atoms with Gasteiger partial charge in [-0.25, -0.2) is 5.48 Å². The Balaban J connectivity index is 0.000000422. The summed E-state index contributed by atoms with van der Waals surface area (Å²) in [7, 11) is 0. The van der Waals surface area contributed by atoms with Gasteiger partial charge in [-0.2, -0.15) is 0 Å². The molecular weight excluding hydrogens is 276 g/mol. The van der Waals surface area contributed by atoms with E-state index in [1.54, 1.807) is 20.8 Å². The van der Waals surface area contributed by atoms with Crippen molar-refractivity contribution in [1.82, 2.24) is 10.4 Å². The van der Waals surface area contributed by atoms with Crippen molar-refractivity contribution < 1.29 is 10.3 Å². The third kappa shape index (κ3) is 9.90. The number of hydrogen-bond donors (Lipinski definition) is 3. The van der Waals surface area contributed by atoms with Gasteiger partial charge in [0.1, 0.15) is 0 Å². The van der Waals surface area contributed by atoms with Crippen molar-refractivity contribution in [2.75, 3.05) is 13.1 Å². The molecule has 1 fully saturated rings. The fourth-order valence-electron chi connectivity index (χ4n) is 2.41. The highest BCUT2D eigenvalue weighted by Gasteiger charge is 2.09. The second-order valence-corrected chi connectivity index (χ2v) is 7.01. The van der Waals surface area contributed by atoms with Gasteiger partial charge in [-0.3, -0.25) is 4.90 Å². The van der Waals surface area contributed by atoms with Crippen LogP contribution >= 0.6 is 0 Å². The highest BCUT2D eigenvalue weighted by molar-refractivity contribution is 5.22. The summed E-state index contributed by atoms with van der Waals surface area (Å²) in [5.74, 6) is 0. The molecule has 0 saturated carbocycles. The predicted molar refractivity (Wildman–Crippen MR) is 90.8 cm³/mol. The second kappa shape index (κ2) is 9.95. The molecule has 1 aliphatic heterocycles. The van der Waals surface area contributed by atoms with Crippen LogP contribution in [0.2, 0.25) is 0 Å². The lowest BCUT2D eigenvalue weighted by Crippen LogP contribution is -2.23. The summed E-state index contributed by atoms with van der Waals surface area (Å²) in [5.41, 5.74) is 4.17. The number of hydrogen-bond acceptors (Lipinski definition) is 4. The van der Waals surface area contributed by atoms with Crippen LogP contribution in [0.4, 0.5) is 0 Å². The molecule has 0 amide bonds. The zero-order chi connectivity index (χ0) is 16.4. The van der Waals surface area contributed by atoms with E-state index in [1.807, 2.05) is 0 Å². The van der Waals surface area contributed by atoms with Crippen LogP contribution in [0.15, 0.2) is 24.3 Å². The van der Waals surface area contributed by atoms with Crippen LogP contribution < -0.4 is 5.48 Å². The van der Waals surface area contributed by atoms with Crippen molar-refractivity contribution in [3.63, 3.8) is 0 Å². The van der Waals surface area contributed by atoms with Gasteiger partial charge in [0.05, 0.1) is 5.60 Å². The SMILES string of the molecule is CC(C)(C)O.ONCc1ccc(CN2CCCCCC2)cc1. The maximum absolute atomic E-state index is 8.62. The van der Waals surface area contributed by atoms with Crippen molar-refractivity contribution in [2.24, 2.45) is 0 Å². The van der Waals surface area contributed by atoms with Crippen LogP contribution in [0, 0.1) is 0 Å². The van der Waals surface area contributed by atoms with Crippen molar-refractivity contribution in [3.8, 4) is 0 Å². The summed E-state index contributed by atoms with van der Waals surface area (Å²) >= 11 is 0. The molecule has 0 aliphatic carbocycles. The number of nitrogens with one attached hydrogen (secondary N) is 1. The first-order valence-corrected chi connectivity index (χ1v) is 8.28. The Kier molecular flexibility index (Phi) is 8.64. The first-order chi connectivity index (χ1) is 10.4. The first kappa shape index (κ1) is 19.1. The summed E-state index contributed by atoms with van der Waals surface area (Å²) in [6.07, 6.45) is 5.45. The minimum atomic E-state index is -0.500. The van der Waals surface area contributed by atoms with E-state index in [4.69, 9.17) is 10.3 Å². The highest BCUT2D eigenvalue weighted by Crippen LogP contribution is 2.13. The van der Waals surface area contributed by atoms with E-state index >= 15 is 0 Å². The Labute approximate surface area is 135 Å². The van der Waals surface area contributed by atoms with E-state index in [0.29, 0.717) is 6.54 Å². The molecule has 3 N–H and O–H groups in total. The van der Waals surface area contributed by atoms with Crippen LogP contribution in [0.25, 0.3) is 0 Å². The van der Waals surface area contributed by atoms with Gasteiger partial charge < -0.3 is 10.3 Å². The average molecular weight is 308 g/mol. The zero-order valence-corrected chi connectivity index (χ0v) is 14.3. The Morgan fingerprint density at radius 1 is 0.955 bits per heavy atom. The average Bonchev–Trinajstić information content (AvgIpc) is 2.68. The molecule has 126 valence electrons. The monoisotopic (exact) mass is 308 g/mol. The third-order valence-electron chi connectivity index (χ3n) is 3.41. The summed E-state index contributed by atoms with van der Waals surface area (Å²) in [4.78, 5) is 2.55. The standard InChI is InChI=1S/C14H22N2O.C4H10O/c17-15-11-13-5-7-14(8-6-13)12-16-9-3-1-2-4-10-16;1-4(2,3)5/h5-8,15,17H,1-4,9-12H2;5H,1-3H3. The van der Waals surface area contributed by atoms with Gasteiger partial charge in [0, 0.05) is 13.1 Å². The molecule has 0 bridgehead atoms. The number of hydroxylamine groups is 1. The molecular formula is C18H32N2O2. The molecule has 0 spiro atoms. The van der Waals surface area contributed by atoms with Crippen molar-refractivity contribution >= 4 is 0 Å². The van der Waals surface area contributed by atoms with Crippen LogP contribution in [0.1, 0.15) is 57.6 Å². The summed E-state index contributed by atoms with van der Waals surface area (Å²) in [5, 5.41) is 17.1. The molecule has 1 aromatic rings. The van der Waals surface area contributed by atoms with Crippen molar-refractivity contribution in [1.29, 1.82) is 0 Å². The molecule has 0 aromatic heterocycles. The number of nitrogens with zero attached hydrogens (tertiary/aromatic N) is 1. The minimum absolute atomic E-state index is 0.500. The third-order valence-corrected chi connectivity index (χ3v) is 3.41. The largest absolute Gasteiger partial charge is 0.391 e. The molecule has 0 radical (unpaired) electrons. The van der Waals surface area contributed by atoms with E-state index in [2.05, 4.69) is 34.6 Å². The Bertz CT molecular complexity index is 385. The fourth-order valence-corrected chi connectivity index (χ4v) is 2.41. The molecule has 4 heteroatoms. The number of rotatable bonds is 4. The van der Waals surface area contributed by atoms with Crippen LogP contribution in [-0.2, 0) is 13.1 Å². The van der Waals surface area contributed by atoms with Gasteiger partial charge >= 0.3 is 0 Å². The lowest BCUT2D eigenvalue weighted by molar-refractivity contribution is 0.102. The predicted octanol–water partition coefficient (Wildman–Crippen LogP) is 3.32. The lowest BCUT2D eigenvalue weighted by atomic mass is 10.1. The van der Waals surface area contributed by atoms with E-state index in [-0.39, 0.29) is 0 Å². The maximum atomic E-state index is 8.62. The molecule has 0 unspecified atom stereocenters. The Morgan fingerprint density at radius 3 is 1.86 bits per heavy atom. The molecule has 1 aliphatic rings. The normalized spacial score (nSPS) is 16.6. The van der Waals surface area contributed by atoms with Crippen LogP contribution in [-0.4, -0.2) is 33.9 Å². The molecule has 22 heavy (non-hydrogen) atoms. The van der Waals surface area contributed by atoms with Gasteiger partial charge in [-0.15, -0.1) is 0 Å². The van der Waals surface area contributed by atoms with E-state index in [1.165, 1.54) is 44.3 Å². The Morgan fingerprint density at radius 2 is 1.41 bits per heavy atom. The molecule has 4 nitrogen and oxygen atoms in total. The summed E-state index contributed by atoms with van der Waals surface area (Å²) < 4.78 is 0. The topological polar surface area (TPSA) is 55.7 Å². The first-order valence-electron chi connectivity index (χ1n) is 8.28. The van der Waals surface area contributed by atoms with Gasteiger partial charge in [0.15, 0.2) is 0 Å². The van der Waals surface area contributed by atoms with Gasteiger partial charge in [0.25, 0.3) is 0 Å². The fraction of sp³-hybridized carbons (Fsp3) is 0.667. The lowest BCUT2D eigenvalue weighted by Gasteiger charge is -2.19. The Hall–Kier alpha value is -0.940. The quantitative estimate of drug-likeness (QED) is 0.747. The van der Waals surface area contributed by atoms with Crippen molar-refractivity contribution in [3.05, 3.63) is 35.4 Å². The maximum Gasteiger partial charge on any atom is 0.0563 e. The van der Waals surface area contributed by atoms with E-state index < -0.39 is 5.60 Å². The van der Waals surface area contributed by atoms with E-state index in [0.717, 1.165) is 12.1 Å². The number of likely N-dealkylation sites (tertiary alicyclic amines) is 1. The van der Waals surface area contributed by atoms with Gasteiger partial charge in [-0.1, -0.05) is 37.1 Å². The minimum Gasteiger partial charge on any atom is -0.391 e. The molecule has 0 atom stereocenters. The van der Waals surface area contributed by atoms with Crippen molar-refractivity contribution in [2.45, 2.75) is 65.1 Å². The summed E-state index contributed by atoms with van der Waals surface area (Å²) in [6.45, 7) is 9.28. The highest BCUT2D eigenvalue weighted by atomic mass is 16.5. The zero-order valence-electron chi connectivity index (χ0n) is 14.3. The molecule has 1 aromatic carbocycles. The smallest absolute Gasteiger partial charge is 0.0563 e.